The van der Waals surface area contributed by atoms with Crippen LogP contribution in [0.2, 0.25) is 0 Å². The molecule has 3 rings (SSSR count). The van der Waals surface area contributed by atoms with Gasteiger partial charge in [0.15, 0.2) is 11.0 Å². The van der Waals surface area contributed by atoms with Gasteiger partial charge in [-0.05, 0) is 24.3 Å². The van der Waals surface area contributed by atoms with Crippen molar-refractivity contribution in [2.24, 2.45) is 7.05 Å². The molecule has 0 saturated heterocycles. The van der Waals surface area contributed by atoms with Crippen LogP contribution in [0.4, 0.5) is 5.69 Å². The van der Waals surface area contributed by atoms with Gasteiger partial charge in [0.25, 0.3) is 0 Å². The van der Waals surface area contributed by atoms with Crippen molar-refractivity contribution in [3.05, 3.63) is 67.3 Å². The van der Waals surface area contributed by atoms with E-state index in [4.69, 9.17) is 4.74 Å². The van der Waals surface area contributed by atoms with Crippen LogP contribution in [-0.4, -0.2) is 40.1 Å². The number of nitrogens with zero attached hydrogens (tertiary/aromatic N) is 4. The van der Waals surface area contributed by atoms with E-state index in [0.29, 0.717) is 17.5 Å². The molecular weight excluding hydrogens is 372 g/mol. The first-order valence-electron chi connectivity index (χ1n) is 8.77. The standard InChI is InChI=1S/C21H22N4O2S/c1-4-14-25(16-10-6-5-7-11-16)19(26)15-28-21-23-22-20(24(21)2)17-12-8-9-13-18(17)27-3/h4-13H,1,14-15H2,2-3H3. The third-order valence-electron chi connectivity index (χ3n) is 4.19. The van der Waals surface area contributed by atoms with E-state index in [2.05, 4.69) is 16.8 Å². The first kappa shape index (κ1) is 19.7. The molecular formula is C21H22N4O2S. The molecule has 3 aromatic rings. The maximum atomic E-state index is 12.8. The number of hydrogen-bond acceptors (Lipinski definition) is 5. The molecule has 1 amide bonds. The fourth-order valence-corrected chi connectivity index (χ4v) is 3.58. The van der Waals surface area contributed by atoms with Gasteiger partial charge in [0.05, 0.1) is 18.4 Å². The second-order valence-electron chi connectivity index (χ2n) is 5.98. The Hall–Kier alpha value is -3.06. The summed E-state index contributed by atoms with van der Waals surface area (Å²) < 4.78 is 7.28. The summed E-state index contributed by atoms with van der Waals surface area (Å²) in [5.74, 6) is 1.66. The topological polar surface area (TPSA) is 60.3 Å². The van der Waals surface area contributed by atoms with Gasteiger partial charge in [-0.2, -0.15) is 0 Å². The van der Waals surface area contributed by atoms with Crippen LogP contribution in [0.1, 0.15) is 0 Å². The van der Waals surface area contributed by atoms with Crippen molar-refractivity contribution in [3.8, 4) is 17.1 Å². The number of ether oxygens (including phenoxy) is 1. The van der Waals surface area contributed by atoms with Crippen LogP contribution in [0.15, 0.2) is 72.4 Å². The number of amides is 1. The van der Waals surface area contributed by atoms with E-state index in [9.17, 15) is 4.79 Å². The molecule has 0 atom stereocenters. The van der Waals surface area contributed by atoms with Crippen LogP contribution in [0.25, 0.3) is 11.4 Å². The van der Waals surface area contributed by atoms with Gasteiger partial charge < -0.3 is 14.2 Å². The summed E-state index contributed by atoms with van der Waals surface area (Å²) in [5, 5.41) is 9.20. The quantitative estimate of drug-likeness (QED) is 0.430. The molecule has 1 aromatic heterocycles. The number of anilines is 1. The van der Waals surface area contributed by atoms with Crippen molar-refractivity contribution in [3.63, 3.8) is 0 Å². The van der Waals surface area contributed by atoms with Gasteiger partial charge in [-0.3, -0.25) is 4.79 Å². The van der Waals surface area contributed by atoms with E-state index < -0.39 is 0 Å². The zero-order valence-electron chi connectivity index (χ0n) is 15.9. The Kier molecular flexibility index (Phi) is 6.49. The number of aromatic nitrogens is 3. The first-order chi connectivity index (χ1) is 13.7. The fraction of sp³-hybridized carbons (Fsp3) is 0.190. The molecule has 0 bridgehead atoms. The van der Waals surface area contributed by atoms with Crippen molar-refractivity contribution in [2.75, 3.05) is 24.3 Å². The number of rotatable bonds is 8. The fourth-order valence-electron chi connectivity index (χ4n) is 2.80. The number of carbonyl (C=O) groups excluding carboxylic acids is 1. The van der Waals surface area contributed by atoms with Crippen LogP contribution >= 0.6 is 11.8 Å². The van der Waals surface area contributed by atoms with Crippen molar-refractivity contribution in [2.45, 2.75) is 5.16 Å². The third kappa shape index (κ3) is 4.26. The molecule has 0 N–H and O–H groups in total. The van der Waals surface area contributed by atoms with Gasteiger partial charge >= 0.3 is 0 Å². The number of thioether (sulfide) groups is 1. The number of hydrogen-bond donors (Lipinski definition) is 0. The summed E-state index contributed by atoms with van der Waals surface area (Å²) in [4.78, 5) is 14.5. The van der Waals surface area contributed by atoms with Crippen LogP contribution < -0.4 is 9.64 Å². The molecule has 0 unspecified atom stereocenters. The van der Waals surface area contributed by atoms with Crippen molar-refractivity contribution < 1.29 is 9.53 Å². The van der Waals surface area contributed by atoms with Crippen molar-refractivity contribution >= 4 is 23.4 Å². The van der Waals surface area contributed by atoms with Gasteiger partial charge in [-0.1, -0.05) is 48.2 Å². The SMILES string of the molecule is C=CCN(C(=O)CSc1nnc(-c2ccccc2OC)n1C)c1ccccc1. The lowest BCUT2D eigenvalue weighted by molar-refractivity contribution is -0.116. The van der Waals surface area contributed by atoms with Crippen LogP contribution in [0.5, 0.6) is 5.75 Å². The van der Waals surface area contributed by atoms with Crippen molar-refractivity contribution in [1.82, 2.24) is 14.8 Å². The second-order valence-corrected chi connectivity index (χ2v) is 6.93. The maximum Gasteiger partial charge on any atom is 0.237 e. The number of carbonyl (C=O) groups is 1. The molecule has 0 aliphatic carbocycles. The summed E-state index contributed by atoms with van der Waals surface area (Å²) in [6.45, 7) is 4.21. The minimum Gasteiger partial charge on any atom is -0.496 e. The van der Waals surface area contributed by atoms with Crippen molar-refractivity contribution in [1.29, 1.82) is 0 Å². The lowest BCUT2D eigenvalue weighted by Crippen LogP contribution is -2.32. The Balaban J connectivity index is 1.75. The second kappa shape index (κ2) is 9.23. The zero-order valence-corrected chi connectivity index (χ0v) is 16.7. The minimum atomic E-state index is -0.0158. The predicted octanol–water partition coefficient (Wildman–Crippen LogP) is 3.80. The Morgan fingerprint density at radius 3 is 2.61 bits per heavy atom. The van der Waals surface area contributed by atoms with Gasteiger partial charge in [-0.25, -0.2) is 0 Å². The Morgan fingerprint density at radius 1 is 1.18 bits per heavy atom. The lowest BCUT2D eigenvalue weighted by Gasteiger charge is -2.21. The van der Waals surface area contributed by atoms with E-state index >= 15 is 0 Å². The van der Waals surface area contributed by atoms with E-state index in [1.807, 2.05) is 66.2 Å². The van der Waals surface area contributed by atoms with Crippen LogP contribution in [0.3, 0.4) is 0 Å². The highest BCUT2D eigenvalue weighted by atomic mass is 32.2. The van der Waals surface area contributed by atoms with Gasteiger partial charge in [0.2, 0.25) is 5.91 Å². The van der Waals surface area contributed by atoms with E-state index in [1.165, 1.54) is 11.8 Å². The normalized spacial score (nSPS) is 10.5. The molecule has 0 fully saturated rings. The van der Waals surface area contributed by atoms with Crippen LogP contribution in [-0.2, 0) is 11.8 Å². The smallest absolute Gasteiger partial charge is 0.237 e. The highest BCUT2D eigenvalue weighted by Crippen LogP contribution is 2.30. The molecule has 0 saturated carbocycles. The molecule has 0 aliphatic heterocycles. The Morgan fingerprint density at radius 2 is 1.89 bits per heavy atom. The number of benzene rings is 2. The maximum absolute atomic E-state index is 12.8. The number of methoxy groups -OCH3 is 1. The van der Waals surface area contributed by atoms with Gasteiger partial charge in [-0.15, -0.1) is 16.8 Å². The zero-order chi connectivity index (χ0) is 19.9. The van der Waals surface area contributed by atoms with E-state index in [-0.39, 0.29) is 11.7 Å². The van der Waals surface area contributed by atoms with E-state index in [0.717, 1.165) is 17.0 Å². The summed E-state index contributed by atoms with van der Waals surface area (Å²) in [5.41, 5.74) is 1.71. The third-order valence-corrected chi connectivity index (χ3v) is 5.19. The molecule has 0 spiro atoms. The Labute approximate surface area is 168 Å². The molecule has 0 radical (unpaired) electrons. The highest BCUT2D eigenvalue weighted by Gasteiger charge is 2.18. The lowest BCUT2D eigenvalue weighted by atomic mass is 10.2. The Bertz CT molecular complexity index is 956. The minimum absolute atomic E-state index is 0.0158. The van der Waals surface area contributed by atoms with Gasteiger partial charge in [0, 0.05) is 19.3 Å². The summed E-state index contributed by atoms with van der Waals surface area (Å²) in [7, 11) is 3.51. The first-order valence-corrected chi connectivity index (χ1v) is 9.76. The van der Waals surface area contributed by atoms with Crippen LogP contribution in [0, 0.1) is 0 Å². The molecule has 144 valence electrons. The average molecular weight is 395 g/mol. The predicted molar refractivity (Wildman–Crippen MR) is 113 cm³/mol. The molecule has 7 heteroatoms. The summed E-state index contributed by atoms with van der Waals surface area (Å²) in [6, 6.07) is 17.2. The molecule has 0 aliphatic rings. The van der Waals surface area contributed by atoms with E-state index in [1.54, 1.807) is 18.1 Å². The average Bonchev–Trinajstić information content (AvgIpc) is 3.11. The summed E-state index contributed by atoms with van der Waals surface area (Å²) >= 11 is 1.36. The molecule has 1 heterocycles. The highest BCUT2D eigenvalue weighted by molar-refractivity contribution is 7.99. The summed E-state index contributed by atoms with van der Waals surface area (Å²) in [6.07, 6.45) is 1.72. The van der Waals surface area contributed by atoms with Gasteiger partial charge in [0.1, 0.15) is 5.75 Å². The molecule has 28 heavy (non-hydrogen) atoms. The molecule has 2 aromatic carbocycles. The molecule has 6 nitrogen and oxygen atoms in total. The monoisotopic (exact) mass is 394 g/mol. The largest absolute Gasteiger partial charge is 0.496 e. The number of para-hydroxylation sites is 2.